The highest BCUT2D eigenvalue weighted by atomic mass is 35.5. The summed E-state index contributed by atoms with van der Waals surface area (Å²) >= 11 is 6.07. The van der Waals surface area contributed by atoms with E-state index in [0.717, 1.165) is 37.3 Å². The third kappa shape index (κ3) is 2.71. The van der Waals surface area contributed by atoms with E-state index in [1.165, 1.54) is 6.21 Å². The van der Waals surface area contributed by atoms with Crippen LogP contribution in [0.2, 0.25) is 5.15 Å². The van der Waals surface area contributed by atoms with Gasteiger partial charge in [0.1, 0.15) is 17.1 Å². The number of rotatable bonds is 2. The van der Waals surface area contributed by atoms with E-state index >= 15 is 0 Å². The molecule has 3 rings (SSSR count). The zero-order chi connectivity index (χ0) is 13.2. The molecule has 0 aliphatic carbocycles. The van der Waals surface area contributed by atoms with Gasteiger partial charge in [-0.25, -0.2) is 4.98 Å². The van der Waals surface area contributed by atoms with Gasteiger partial charge in [-0.15, -0.1) is 0 Å². The van der Waals surface area contributed by atoms with E-state index in [1.54, 1.807) is 6.07 Å². The van der Waals surface area contributed by atoms with Crippen molar-refractivity contribution in [2.45, 2.75) is 19.0 Å². The van der Waals surface area contributed by atoms with Gasteiger partial charge in [-0.2, -0.15) is 0 Å². The summed E-state index contributed by atoms with van der Waals surface area (Å²) in [5.41, 5.74) is 0.867. The van der Waals surface area contributed by atoms with Crippen LogP contribution in [0.4, 0.5) is 5.82 Å². The van der Waals surface area contributed by atoms with Crippen molar-refractivity contribution in [3.8, 4) is 0 Å². The number of aliphatic imine (C=N–C) groups is 1. The van der Waals surface area contributed by atoms with Crippen molar-refractivity contribution >= 4 is 29.5 Å². The molecule has 1 aromatic heterocycles. The number of carbonyl (C=O) groups excluding carboxylic acids is 1. The summed E-state index contributed by atoms with van der Waals surface area (Å²) in [6.45, 7) is 1.90. The predicted molar refractivity (Wildman–Crippen MR) is 74.4 cm³/mol. The Kier molecular flexibility index (Phi) is 3.38. The van der Waals surface area contributed by atoms with Crippen LogP contribution in [0, 0.1) is 6.42 Å². The van der Waals surface area contributed by atoms with Crippen LogP contribution in [-0.2, 0) is 4.79 Å². The number of aromatic nitrogens is 1. The molecule has 1 fully saturated rings. The number of halogens is 1. The highest BCUT2D eigenvalue weighted by molar-refractivity contribution is 6.29. The van der Waals surface area contributed by atoms with Crippen LogP contribution in [0.5, 0.6) is 0 Å². The molecule has 0 spiro atoms. The number of hydrogen-bond donors (Lipinski definition) is 1. The fourth-order valence-electron chi connectivity index (χ4n) is 2.32. The van der Waals surface area contributed by atoms with Crippen LogP contribution in [0.1, 0.15) is 24.6 Å². The van der Waals surface area contributed by atoms with Crippen LogP contribution in [0.15, 0.2) is 17.1 Å². The molecule has 3 heterocycles. The predicted octanol–water partition coefficient (Wildman–Crippen LogP) is 1.74. The van der Waals surface area contributed by atoms with Crippen molar-refractivity contribution in [3.63, 3.8) is 0 Å². The normalized spacial score (nSPS) is 22.7. The lowest BCUT2D eigenvalue weighted by Gasteiger charge is -2.28. The number of anilines is 1. The molecular weight excluding hydrogens is 264 g/mol. The fraction of sp³-hybridized carbons (Fsp3) is 0.385. The van der Waals surface area contributed by atoms with Gasteiger partial charge >= 0.3 is 0 Å². The highest BCUT2D eigenvalue weighted by Crippen LogP contribution is 2.26. The van der Waals surface area contributed by atoms with Gasteiger partial charge in [-0.1, -0.05) is 11.6 Å². The number of nitrogens with zero attached hydrogens (tertiary/aromatic N) is 3. The van der Waals surface area contributed by atoms with Crippen LogP contribution < -0.4 is 10.2 Å². The van der Waals surface area contributed by atoms with E-state index in [1.807, 2.05) is 6.07 Å². The summed E-state index contributed by atoms with van der Waals surface area (Å²) in [4.78, 5) is 21.9. The average Bonchev–Trinajstić information content (AvgIpc) is 2.86. The first-order chi connectivity index (χ1) is 9.22. The summed E-state index contributed by atoms with van der Waals surface area (Å²) in [6, 6.07) is 3.69. The molecule has 0 aromatic carbocycles. The summed E-state index contributed by atoms with van der Waals surface area (Å²) in [5, 5.41) is 3.18. The third-order valence-corrected chi connectivity index (χ3v) is 3.46. The number of amides is 1. The molecule has 5 nitrogen and oxygen atoms in total. The summed E-state index contributed by atoms with van der Waals surface area (Å²) < 4.78 is 0. The van der Waals surface area contributed by atoms with E-state index < -0.39 is 0 Å². The van der Waals surface area contributed by atoms with E-state index in [9.17, 15) is 4.79 Å². The van der Waals surface area contributed by atoms with Gasteiger partial charge in [0.25, 0.3) is 5.91 Å². The second kappa shape index (κ2) is 5.17. The van der Waals surface area contributed by atoms with E-state index in [2.05, 4.69) is 26.6 Å². The lowest BCUT2D eigenvalue weighted by molar-refractivity contribution is -0.114. The molecule has 2 aliphatic rings. The molecule has 1 radical (unpaired) electrons. The van der Waals surface area contributed by atoms with E-state index in [4.69, 9.17) is 11.6 Å². The Morgan fingerprint density at radius 2 is 2.11 bits per heavy atom. The summed E-state index contributed by atoms with van der Waals surface area (Å²) in [7, 11) is 0. The largest absolute Gasteiger partial charge is 0.357 e. The third-order valence-electron chi connectivity index (χ3n) is 3.27. The van der Waals surface area contributed by atoms with Gasteiger partial charge in [0.2, 0.25) is 0 Å². The standard InChI is InChI=1S/C13H14ClN4O/c14-10-6-9(13-15-8-12(19)17-13)7-11(16-10)18-4-2-1-3-5-18/h1,6-8,13H,2-5H2,(H,17,19). The summed E-state index contributed by atoms with van der Waals surface area (Å²) in [5.74, 6) is 0.680. The van der Waals surface area contributed by atoms with Gasteiger partial charge in [-0.05, 0) is 31.4 Å². The van der Waals surface area contributed by atoms with Crippen LogP contribution in [-0.4, -0.2) is 30.2 Å². The lowest BCUT2D eigenvalue weighted by atomic mass is 10.1. The van der Waals surface area contributed by atoms with Gasteiger partial charge in [-0.3, -0.25) is 9.79 Å². The van der Waals surface area contributed by atoms with Crippen molar-refractivity contribution in [2.75, 3.05) is 18.0 Å². The van der Waals surface area contributed by atoms with Gasteiger partial charge in [0, 0.05) is 18.7 Å². The molecule has 2 aliphatic heterocycles. The second-order valence-corrected chi connectivity index (χ2v) is 5.01. The van der Waals surface area contributed by atoms with E-state index in [0.29, 0.717) is 5.15 Å². The Morgan fingerprint density at radius 1 is 1.32 bits per heavy atom. The monoisotopic (exact) mass is 277 g/mol. The van der Waals surface area contributed by atoms with E-state index in [-0.39, 0.29) is 12.1 Å². The Bertz CT molecular complexity index is 525. The Labute approximate surface area is 116 Å². The molecule has 19 heavy (non-hydrogen) atoms. The Hall–Kier alpha value is -1.62. The maximum Gasteiger partial charge on any atom is 0.263 e. The fourth-order valence-corrected chi connectivity index (χ4v) is 2.54. The minimum absolute atomic E-state index is 0.174. The van der Waals surface area contributed by atoms with Crippen molar-refractivity contribution < 1.29 is 4.79 Å². The zero-order valence-electron chi connectivity index (χ0n) is 10.3. The lowest BCUT2D eigenvalue weighted by Crippen LogP contribution is -2.30. The number of piperidine rings is 1. The minimum atomic E-state index is -0.344. The van der Waals surface area contributed by atoms with Gasteiger partial charge in [0.15, 0.2) is 0 Å². The summed E-state index contributed by atoms with van der Waals surface area (Å²) in [6.07, 6.45) is 5.35. The SMILES string of the molecule is O=C1C=NC(c2cc(Cl)nc(N3CC[CH]CC3)c2)N1. The molecule has 1 unspecified atom stereocenters. The Morgan fingerprint density at radius 3 is 2.79 bits per heavy atom. The molecule has 99 valence electrons. The van der Waals surface area contributed by atoms with Crippen molar-refractivity contribution in [1.29, 1.82) is 0 Å². The van der Waals surface area contributed by atoms with Crippen LogP contribution in [0.3, 0.4) is 0 Å². The molecule has 0 bridgehead atoms. The van der Waals surface area contributed by atoms with Crippen LogP contribution >= 0.6 is 11.6 Å². The molecule has 0 saturated carbocycles. The molecule has 1 N–H and O–H groups in total. The molecule has 1 aromatic rings. The number of hydrogen-bond acceptors (Lipinski definition) is 4. The first kappa shape index (κ1) is 12.4. The minimum Gasteiger partial charge on any atom is -0.357 e. The van der Waals surface area contributed by atoms with Crippen molar-refractivity contribution in [2.24, 2.45) is 4.99 Å². The molecule has 1 amide bonds. The zero-order valence-corrected chi connectivity index (χ0v) is 11.1. The first-order valence-electron chi connectivity index (χ1n) is 6.30. The molecule has 1 atom stereocenters. The van der Waals surface area contributed by atoms with Crippen LogP contribution in [0.25, 0.3) is 0 Å². The number of carbonyl (C=O) groups is 1. The maximum atomic E-state index is 11.2. The number of pyridine rings is 1. The topological polar surface area (TPSA) is 57.6 Å². The molecular formula is C13H14ClN4O. The smallest absolute Gasteiger partial charge is 0.263 e. The highest BCUT2D eigenvalue weighted by Gasteiger charge is 2.20. The maximum absolute atomic E-state index is 11.2. The van der Waals surface area contributed by atoms with Gasteiger partial charge in [0.05, 0.1) is 6.21 Å². The number of nitrogens with one attached hydrogen (secondary N) is 1. The van der Waals surface area contributed by atoms with Crippen molar-refractivity contribution in [1.82, 2.24) is 10.3 Å². The second-order valence-electron chi connectivity index (χ2n) is 4.62. The van der Waals surface area contributed by atoms with Crippen molar-refractivity contribution in [3.05, 3.63) is 29.3 Å². The van der Waals surface area contributed by atoms with Gasteiger partial charge < -0.3 is 10.2 Å². The Balaban J connectivity index is 1.87. The molecule has 6 heteroatoms. The quantitative estimate of drug-likeness (QED) is 0.838. The first-order valence-corrected chi connectivity index (χ1v) is 6.68. The average molecular weight is 278 g/mol. The molecule has 1 saturated heterocycles.